The molecule has 71 valence electrons. The van der Waals surface area contributed by atoms with Gasteiger partial charge in [-0.3, -0.25) is 4.55 Å². The van der Waals surface area contributed by atoms with Crippen LogP contribution in [0.1, 0.15) is 5.56 Å². The molecule has 0 unspecified atom stereocenters. The van der Waals surface area contributed by atoms with Gasteiger partial charge in [-0.05, 0) is 24.7 Å². The average molecular weight is 200 g/mol. The van der Waals surface area contributed by atoms with Gasteiger partial charge in [0.2, 0.25) is 0 Å². The van der Waals surface area contributed by atoms with E-state index in [1.54, 1.807) is 19.2 Å². The summed E-state index contributed by atoms with van der Waals surface area (Å²) in [5.41, 5.74) is 0.531. The fourth-order valence-corrected chi connectivity index (χ4v) is 1.71. The maximum absolute atomic E-state index is 10.8. The number of hydrogen-bond donors (Lipinski definition) is 2. The van der Waals surface area contributed by atoms with Gasteiger partial charge in [-0.2, -0.15) is 8.42 Å². The van der Waals surface area contributed by atoms with Crippen LogP contribution in [0.3, 0.4) is 0 Å². The predicted octanol–water partition coefficient (Wildman–Crippen LogP) is 0.453. The summed E-state index contributed by atoms with van der Waals surface area (Å²) in [6.45, 7) is 0.393. The van der Waals surface area contributed by atoms with E-state index in [-0.39, 0.29) is 4.90 Å². The first-order valence-corrected chi connectivity index (χ1v) is 5.11. The van der Waals surface area contributed by atoms with Crippen LogP contribution in [0.5, 0.6) is 0 Å². The first-order valence-electron chi connectivity index (χ1n) is 3.67. The van der Waals surface area contributed by atoms with E-state index in [1.807, 2.05) is 0 Å². The summed E-state index contributed by atoms with van der Waals surface area (Å²) in [4.78, 5) is -0.0932. The lowest BCUT2D eigenvalue weighted by Gasteiger charge is -2.04. The highest BCUT2D eigenvalue weighted by Gasteiger charge is 2.13. The number of nitrogens with one attached hydrogen (secondary N) is 1. The smallest absolute Gasteiger partial charge is 0.294 e. The zero-order valence-electron chi connectivity index (χ0n) is 7.11. The topological polar surface area (TPSA) is 66.4 Å². The van der Waals surface area contributed by atoms with Crippen LogP contribution in [0.4, 0.5) is 0 Å². The van der Waals surface area contributed by atoms with E-state index < -0.39 is 10.1 Å². The molecule has 0 fully saturated rings. The van der Waals surface area contributed by atoms with Crippen molar-refractivity contribution in [2.75, 3.05) is 7.05 Å². The molecule has 1 radical (unpaired) electrons. The van der Waals surface area contributed by atoms with Gasteiger partial charge >= 0.3 is 0 Å². The second-order valence-electron chi connectivity index (χ2n) is 2.54. The predicted molar refractivity (Wildman–Crippen MR) is 47.9 cm³/mol. The molecule has 0 saturated heterocycles. The largest absolute Gasteiger partial charge is 0.316 e. The van der Waals surface area contributed by atoms with Crippen molar-refractivity contribution in [2.45, 2.75) is 11.4 Å². The van der Waals surface area contributed by atoms with Gasteiger partial charge in [0.05, 0.1) is 4.90 Å². The lowest BCUT2D eigenvalue weighted by Crippen LogP contribution is -2.10. The Bertz CT molecular complexity index is 386. The minimum absolute atomic E-state index is 0.0932. The van der Waals surface area contributed by atoms with E-state index in [1.165, 1.54) is 6.07 Å². The molecule has 0 aliphatic heterocycles. The molecule has 1 aromatic carbocycles. The lowest BCUT2D eigenvalue weighted by molar-refractivity contribution is 0.481. The molecule has 0 amide bonds. The molecule has 0 aliphatic carbocycles. The second-order valence-corrected chi connectivity index (χ2v) is 3.93. The molecule has 4 nitrogen and oxygen atoms in total. The van der Waals surface area contributed by atoms with Gasteiger partial charge in [0, 0.05) is 6.54 Å². The molecule has 2 N–H and O–H groups in total. The quantitative estimate of drug-likeness (QED) is 0.695. The second kappa shape index (κ2) is 3.87. The lowest BCUT2D eigenvalue weighted by atomic mass is 10.2. The van der Waals surface area contributed by atoms with E-state index in [2.05, 4.69) is 11.4 Å². The highest BCUT2D eigenvalue weighted by Crippen LogP contribution is 2.13. The molecule has 0 bridgehead atoms. The third-order valence-electron chi connectivity index (χ3n) is 1.56. The summed E-state index contributed by atoms with van der Waals surface area (Å²) in [7, 11) is -2.43. The monoisotopic (exact) mass is 200 g/mol. The molecule has 0 aliphatic rings. The minimum Gasteiger partial charge on any atom is -0.316 e. The Labute approximate surface area is 77.3 Å². The Balaban J connectivity index is 3.20. The minimum atomic E-state index is -4.13. The fourth-order valence-electron chi connectivity index (χ4n) is 1.02. The summed E-state index contributed by atoms with van der Waals surface area (Å²) >= 11 is 0. The van der Waals surface area contributed by atoms with Crippen LogP contribution < -0.4 is 5.32 Å². The normalized spacial score (nSPS) is 11.5. The van der Waals surface area contributed by atoms with Gasteiger partial charge in [0.1, 0.15) is 0 Å². The average Bonchev–Trinajstić information content (AvgIpc) is 2.04. The van der Waals surface area contributed by atoms with Gasteiger partial charge in [-0.1, -0.05) is 12.1 Å². The maximum atomic E-state index is 10.8. The van der Waals surface area contributed by atoms with E-state index in [0.29, 0.717) is 12.1 Å². The van der Waals surface area contributed by atoms with Crippen LogP contribution in [-0.2, 0) is 16.7 Å². The Morgan fingerprint density at radius 1 is 1.62 bits per heavy atom. The Kier molecular flexibility index (Phi) is 3.02. The highest BCUT2D eigenvalue weighted by molar-refractivity contribution is 7.85. The molecule has 0 saturated carbocycles. The van der Waals surface area contributed by atoms with Gasteiger partial charge in [-0.25, -0.2) is 0 Å². The summed E-state index contributed by atoms with van der Waals surface area (Å²) in [6, 6.07) is 7.05. The number of benzene rings is 1. The Morgan fingerprint density at radius 2 is 2.31 bits per heavy atom. The SMILES string of the molecule is CNCc1cc[c]cc1S(=O)(=O)O. The van der Waals surface area contributed by atoms with Crippen LogP contribution in [0.25, 0.3) is 0 Å². The van der Waals surface area contributed by atoms with Gasteiger partial charge in [0.15, 0.2) is 0 Å². The van der Waals surface area contributed by atoms with Crippen LogP contribution in [0.15, 0.2) is 23.1 Å². The van der Waals surface area contributed by atoms with Gasteiger partial charge < -0.3 is 5.32 Å². The molecule has 0 spiro atoms. The molecule has 5 heteroatoms. The summed E-state index contributed by atoms with van der Waals surface area (Å²) in [5.74, 6) is 0. The van der Waals surface area contributed by atoms with E-state index in [4.69, 9.17) is 4.55 Å². The van der Waals surface area contributed by atoms with Crippen molar-refractivity contribution in [3.05, 3.63) is 29.8 Å². The van der Waals surface area contributed by atoms with Crippen molar-refractivity contribution in [2.24, 2.45) is 0 Å². The molecule has 0 heterocycles. The van der Waals surface area contributed by atoms with Crippen molar-refractivity contribution in [1.29, 1.82) is 0 Å². The molecular formula is C8H10NO3S. The maximum Gasteiger partial charge on any atom is 0.294 e. The summed E-state index contributed by atoms with van der Waals surface area (Å²) in [6.07, 6.45) is 0. The van der Waals surface area contributed by atoms with Gasteiger partial charge in [0.25, 0.3) is 10.1 Å². The molecule has 0 atom stereocenters. The fraction of sp³-hybridized carbons (Fsp3) is 0.250. The standard InChI is InChI=1S/C8H10NO3S/c1-9-6-7-4-2-3-5-8(7)13(10,11)12/h2,4-5,9H,6H2,1H3,(H,10,11,12). The van der Waals surface area contributed by atoms with Gasteiger partial charge in [-0.15, -0.1) is 0 Å². The molecular weight excluding hydrogens is 190 g/mol. The summed E-state index contributed by atoms with van der Waals surface area (Å²) < 4.78 is 30.5. The van der Waals surface area contributed by atoms with Crippen LogP contribution in [0.2, 0.25) is 0 Å². The van der Waals surface area contributed by atoms with Crippen LogP contribution in [-0.4, -0.2) is 20.0 Å². The zero-order chi connectivity index (χ0) is 9.90. The van der Waals surface area contributed by atoms with Crippen LogP contribution in [0, 0.1) is 6.07 Å². The first kappa shape index (κ1) is 10.2. The van der Waals surface area contributed by atoms with Crippen molar-refractivity contribution in [3.63, 3.8) is 0 Å². The molecule has 1 rings (SSSR count). The van der Waals surface area contributed by atoms with E-state index >= 15 is 0 Å². The summed E-state index contributed by atoms with van der Waals surface area (Å²) in [5, 5.41) is 2.81. The molecule has 0 aromatic heterocycles. The Hall–Kier alpha value is -0.910. The van der Waals surface area contributed by atoms with Crippen molar-refractivity contribution in [3.8, 4) is 0 Å². The zero-order valence-corrected chi connectivity index (χ0v) is 7.93. The highest BCUT2D eigenvalue weighted by atomic mass is 32.2. The third-order valence-corrected chi connectivity index (χ3v) is 2.49. The molecule has 1 aromatic rings. The van der Waals surface area contributed by atoms with Crippen molar-refractivity contribution >= 4 is 10.1 Å². The Morgan fingerprint density at radius 3 is 2.85 bits per heavy atom. The third kappa shape index (κ3) is 2.51. The van der Waals surface area contributed by atoms with Crippen LogP contribution >= 0.6 is 0 Å². The number of rotatable bonds is 3. The van der Waals surface area contributed by atoms with E-state index in [9.17, 15) is 8.42 Å². The number of hydrogen-bond acceptors (Lipinski definition) is 3. The first-order chi connectivity index (χ1) is 6.05. The molecule has 13 heavy (non-hydrogen) atoms. The van der Waals surface area contributed by atoms with Crippen molar-refractivity contribution in [1.82, 2.24) is 5.32 Å². The van der Waals surface area contributed by atoms with E-state index in [0.717, 1.165) is 0 Å². The van der Waals surface area contributed by atoms with Crippen molar-refractivity contribution < 1.29 is 13.0 Å².